The minimum absolute atomic E-state index is 0.0669. The Balaban J connectivity index is 1.57. The summed E-state index contributed by atoms with van der Waals surface area (Å²) in [6.45, 7) is 1.65. The van der Waals surface area contributed by atoms with Gasteiger partial charge < -0.3 is 20.0 Å². The highest BCUT2D eigenvalue weighted by atomic mass is 19.4. The largest absolute Gasteiger partial charge is 0.416 e. The number of benzene rings is 1. The van der Waals surface area contributed by atoms with Crippen LogP contribution in [0.25, 0.3) is 0 Å². The van der Waals surface area contributed by atoms with Crippen LogP contribution in [0.5, 0.6) is 0 Å². The van der Waals surface area contributed by atoms with Crippen LogP contribution in [-0.4, -0.2) is 95.6 Å². The highest BCUT2D eigenvalue weighted by Gasteiger charge is 2.32. The van der Waals surface area contributed by atoms with Crippen LogP contribution in [0.2, 0.25) is 0 Å². The minimum atomic E-state index is -4.53. The first-order chi connectivity index (χ1) is 20.4. The number of halogens is 3. The van der Waals surface area contributed by atoms with Crippen molar-refractivity contribution in [3.05, 3.63) is 59.4 Å². The first-order valence-corrected chi connectivity index (χ1v) is 14.0. The molecule has 0 bridgehead atoms. The van der Waals surface area contributed by atoms with Crippen molar-refractivity contribution >= 4 is 35.3 Å². The van der Waals surface area contributed by atoms with E-state index in [1.54, 1.807) is 19.0 Å². The number of aliphatic imine (C=N–C) groups is 1. The van der Waals surface area contributed by atoms with Gasteiger partial charge in [-0.25, -0.2) is 4.99 Å². The van der Waals surface area contributed by atoms with Gasteiger partial charge in [0.05, 0.1) is 17.7 Å². The molecule has 2 aliphatic rings. The van der Waals surface area contributed by atoms with Gasteiger partial charge in [0.25, 0.3) is 11.8 Å². The number of guanidine groups is 1. The number of alkyl halides is 3. The number of carbonyl (C=O) groups is 4. The fourth-order valence-corrected chi connectivity index (χ4v) is 4.79. The number of amides is 4. The van der Waals surface area contributed by atoms with E-state index in [9.17, 15) is 32.3 Å². The highest BCUT2D eigenvalue weighted by Crippen LogP contribution is 2.30. The average molecular weight is 602 g/mol. The normalized spacial score (nSPS) is 17.8. The summed E-state index contributed by atoms with van der Waals surface area (Å²) in [5, 5.41) is 5.40. The standard InChI is InChI=1S/C29H34F3N7O4/c1-37(2)26(42)22-13-8-19(17-33-22)25(41)36-28(34-21-11-9-20(10-12-21)29(30,31)32)35-23-7-3-4-16-39(27(23)43)18-24(40)38-14-5-6-15-38/h8-13,17,23H,3-7,14-16,18H2,1-2H3,(H2,34,35,36,41)/t23-/m0/s1. The van der Waals surface area contributed by atoms with E-state index in [1.165, 1.54) is 40.3 Å². The second-order valence-corrected chi connectivity index (χ2v) is 10.6. The molecule has 4 amide bonds. The Morgan fingerprint density at radius 1 is 1.00 bits per heavy atom. The molecule has 2 saturated heterocycles. The molecule has 1 aromatic heterocycles. The second kappa shape index (κ2) is 13.7. The quantitative estimate of drug-likeness (QED) is 0.387. The number of pyridine rings is 1. The molecule has 11 nitrogen and oxygen atoms in total. The molecule has 1 aromatic carbocycles. The molecule has 230 valence electrons. The molecular weight excluding hydrogens is 567 g/mol. The molecule has 1 atom stereocenters. The summed E-state index contributed by atoms with van der Waals surface area (Å²) in [6, 6.07) is 5.99. The second-order valence-electron chi connectivity index (χ2n) is 10.6. The van der Waals surface area contributed by atoms with Crippen molar-refractivity contribution in [3.8, 4) is 0 Å². The number of likely N-dealkylation sites (tertiary alicyclic amines) is 2. The van der Waals surface area contributed by atoms with E-state index in [0.29, 0.717) is 38.9 Å². The molecule has 14 heteroatoms. The molecule has 2 N–H and O–H groups in total. The topological polar surface area (TPSA) is 127 Å². The van der Waals surface area contributed by atoms with E-state index in [1.807, 2.05) is 0 Å². The molecule has 0 saturated carbocycles. The predicted molar refractivity (Wildman–Crippen MR) is 152 cm³/mol. The monoisotopic (exact) mass is 601 g/mol. The molecule has 0 radical (unpaired) electrons. The molecular formula is C29H34F3N7O4. The molecule has 0 spiro atoms. The van der Waals surface area contributed by atoms with Crippen LogP contribution in [0.1, 0.15) is 58.5 Å². The van der Waals surface area contributed by atoms with Crippen LogP contribution in [0, 0.1) is 0 Å². The SMILES string of the molecule is CN(C)C(=O)c1ccc(C(=O)NC(=N[C@H]2CCCCN(CC(=O)N3CCCC3)C2=O)Nc2ccc(C(F)(F)F)cc2)cn1. The van der Waals surface area contributed by atoms with Crippen molar-refractivity contribution in [1.29, 1.82) is 0 Å². The molecule has 2 fully saturated rings. The molecule has 0 aliphatic carbocycles. The summed E-state index contributed by atoms with van der Waals surface area (Å²) in [7, 11) is 3.14. The molecule has 2 aromatic rings. The van der Waals surface area contributed by atoms with Gasteiger partial charge in [-0.1, -0.05) is 0 Å². The number of nitrogens with one attached hydrogen (secondary N) is 2. The smallest absolute Gasteiger partial charge is 0.343 e. The Kier molecular flexibility index (Phi) is 9.99. The van der Waals surface area contributed by atoms with E-state index in [2.05, 4.69) is 20.6 Å². The summed E-state index contributed by atoms with van der Waals surface area (Å²) in [6.07, 6.45) is 0.197. The lowest BCUT2D eigenvalue weighted by Crippen LogP contribution is -2.45. The minimum Gasteiger partial charge on any atom is -0.343 e. The lowest BCUT2D eigenvalue weighted by molar-refractivity contribution is -0.140. The fourth-order valence-electron chi connectivity index (χ4n) is 4.79. The van der Waals surface area contributed by atoms with Crippen molar-refractivity contribution in [3.63, 3.8) is 0 Å². The number of nitrogens with zero attached hydrogens (tertiary/aromatic N) is 5. The third-order valence-corrected chi connectivity index (χ3v) is 7.18. The lowest BCUT2D eigenvalue weighted by atomic mass is 10.1. The maximum absolute atomic E-state index is 13.5. The Bertz CT molecular complexity index is 1360. The van der Waals surface area contributed by atoms with Crippen LogP contribution in [0.3, 0.4) is 0 Å². The van der Waals surface area contributed by atoms with Gasteiger partial charge in [-0.15, -0.1) is 0 Å². The Morgan fingerprint density at radius 2 is 1.67 bits per heavy atom. The van der Waals surface area contributed by atoms with Crippen LogP contribution >= 0.6 is 0 Å². The first kappa shape index (κ1) is 31.4. The van der Waals surface area contributed by atoms with Gasteiger partial charge in [0, 0.05) is 45.6 Å². The van der Waals surface area contributed by atoms with Crippen LogP contribution in [0.4, 0.5) is 18.9 Å². The predicted octanol–water partition coefficient (Wildman–Crippen LogP) is 3.00. The van der Waals surface area contributed by atoms with Crippen molar-refractivity contribution in [2.75, 3.05) is 45.6 Å². The van der Waals surface area contributed by atoms with E-state index in [0.717, 1.165) is 25.0 Å². The highest BCUT2D eigenvalue weighted by molar-refractivity contribution is 6.10. The summed E-state index contributed by atoms with van der Waals surface area (Å²) in [5.41, 5.74) is -0.441. The Morgan fingerprint density at radius 3 is 2.28 bits per heavy atom. The van der Waals surface area contributed by atoms with Gasteiger partial charge in [0.1, 0.15) is 11.7 Å². The van der Waals surface area contributed by atoms with Gasteiger partial charge in [-0.05, 0) is 68.5 Å². The van der Waals surface area contributed by atoms with Crippen LogP contribution in [0.15, 0.2) is 47.6 Å². The van der Waals surface area contributed by atoms with E-state index >= 15 is 0 Å². The zero-order valence-electron chi connectivity index (χ0n) is 24.0. The summed E-state index contributed by atoms with van der Waals surface area (Å²) >= 11 is 0. The number of carbonyl (C=O) groups excluding carboxylic acids is 4. The van der Waals surface area contributed by atoms with Gasteiger partial charge in [0.2, 0.25) is 17.8 Å². The first-order valence-electron chi connectivity index (χ1n) is 14.0. The van der Waals surface area contributed by atoms with E-state index in [4.69, 9.17) is 0 Å². The number of anilines is 1. The van der Waals surface area contributed by atoms with Crippen molar-refractivity contribution in [2.45, 2.75) is 44.3 Å². The van der Waals surface area contributed by atoms with E-state index in [-0.39, 0.29) is 47.2 Å². The summed E-state index contributed by atoms with van der Waals surface area (Å²) in [4.78, 5) is 64.6. The number of hydrogen-bond acceptors (Lipinski definition) is 6. The van der Waals surface area contributed by atoms with Crippen LogP contribution < -0.4 is 10.6 Å². The summed E-state index contributed by atoms with van der Waals surface area (Å²) in [5.74, 6) is -1.69. The van der Waals surface area contributed by atoms with Gasteiger partial charge in [-0.3, -0.25) is 29.5 Å². The molecule has 3 heterocycles. The van der Waals surface area contributed by atoms with Crippen LogP contribution in [-0.2, 0) is 15.8 Å². The van der Waals surface area contributed by atoms with Gasteiger partial charge in [0.15, 0.2) is 0 Å². The third kappa shape index (κ3) is 8.30. The molecule has 4 rings (SSSR count). The number of hydrogen-bond donors (Lipinski definition) is 2. The van der Waals surface area contributed by atoms with Crippen molar-refractivity contribution < 1.29 is 32.3 Å². The zero-order valence-corrected chi connectivity index (χ0v) is 24.0. The van der Waals surface area contributed by atoms with Gasteiger partial charge >= 0.3 is 6.18 Å². The Hall–Kier alpha value is -4.49. The third-order valence-electron chi connectivity index (χ3n) is 7.18. The van der Waals surface area contributed by atoms with Crippen molar-refractivity contribution in [1.82, 2.24) is 25.0 Å². The number of rotatable bonds is 6. The average Bonchev–Trinajstić information content (AvgIpc) is 3.47. The van der Waals surface area contributed by atoms with E-state index < -0.39 is 23.7 Å². The molecule has 43 heavy (non-hydrogen) atoms. The number of aromatic nitrogens is 1. The zero-order chi connectivity index (χ0) is 31.1. The summed E-state index contributed by atoms with van der Waals surface area (Å²) < 4.78 is 39.2. The maximum atomic E-state index is 13.5. The van der Waals surface area contributed by atoms with Crippen molar-refractivity contribution in [2.24, 2.45) is 4.99 Å². The molecule has 0 unspecified atom stereocenters. The maximum Gasteiger partial charge on any atom is 0.416 e. The molecule has 2 aliphatic heterocycles. The fraction of sp³-hybridized carbons (Fsp3) is 0.448. The van der Waals surface area contributed by atoms with Gasteiger partial charge in [-0.2, -0.15) is 13.2 Å². The lowest BCUT2D eigenvalue weighted by Gasteiger charge is -2.25. The Labute approximate surface area is 247 Å².